The number of thiazole rings is 1. The van der Waals surface area contributed by atoms with E-state index in [1.54, 1.807) is 15.8 Å². The number of carbonyl (C=O) groups excluding carboxylic acids is 2. The van der Waals surface area contributed by atoms with E-state index in [9.17, 15) is 9.59 Å². The molecule has 1 amide bonds. The van der Waals surface area contributed by atoms with Gasteiger partial charge in [0.15, 0.2) is 0 Å². The molecule has 2 atom stereocenters. The van der Waals surface area contributed by atoms with Crippen molar-refractivity contribution in [3.8, 4) is 0 Å². The largest absolute Gasteiger partial charge is 0.331 e. The number of nitrogens with zero attached hydrogens (tertiary/aromatic N) is 2. The van der Waals surface area contributed by atoms with E-state index in [0.717, 1.165) is 32.2 Å². The number of carbonyl (C=O) groups is 2. The van der Waals surface area contributed by atoms with E-state index in [-0.39, 0.29) is 23.8 Å². The van der Waals surface area contributed by atoms with Crippen LogP contribution in [0.15, 0.2) is 10.9 Å². The highest BCUT2D eigenvalue weighted by Gasteiger charge is 2.38. The van der Waals surface area contributed by atoms with Gasteiger partial charge in [-0.15, -0.1) is 11.3 Å². The molecule has 2 aliphatic rings. The lowest BCUT2D eigenvalue weighted by Crippen LogP contribution is -2.48. The minimum Gasteiger partial charge on any atom is -0.331 e. The summed E-state index contributed by atoms with van der Waals surface area (Å²) in [5.41, 5.74) is 2.15. The zero-order chi connectivity index (χ0) is 13.2. The Morgan fingerprint density at radius 2 is 2.26 bits per heavy atom. The number of Topliss-reactive ketones (excluding diaryl/α,β-unsaturated/α-hetero) is 1. The molecule has 102 valence electrons. The molecule has 3 rings (SSSR count). The predicted octanol–water partition coefficient (Wildman–Crippen LogP) is 1.07. The molecule has 1 aromatic heterocycles. The van der Waals surface area contributed by atoms with E-state index in [2.05, 4.69) is 10.3 Å². The number of likely N-dealkylation sites (tertiary alicyclic amines) is 1. The fraction of sp³-hybridized carbons (Fsp3) is 0.615. The second kappa shape index (κ2) is 5.38. The highest BCUT2D eigenvalue weighted by molar-refractivity contribution is 7.07. The third kappa shape index (κ3) is 2.42. The molecular formula is C13H17N3O2S. The summed E-state index contributed by atoms with van der Waals surface area (Å²) in [4.78, 5) is 30.6. The minimum absolute atomic E-state index is 0.00917. The number of rotatable bonds is 3. The number of nitrogens with one attached hydrogen (secondary N) is 1. The Kier molecular flexibility index (Phi) is 3.61. The third-order valence-corrected chi connectivity index (χ3v) is 4.47. The topological polar surface area (TPSA) is 62.3 Å². The van der Waals surface area contributed by atoms with Gasteiger partial charge in [-0.3, -0.25) is 9.59 Å². The summed E-state index contributed by atoms with van der Waals surface area (Å²) < 4.78 is 0. The van der Waals surface area contributed by atoms with Crippen molar-refractivity contribution in [2.75, 3.05) is 13.1 Å². The number of hydrogen-bond acceptors (Lipinski definition) is 5. The molecule has 0 aliphatic carbocycles. The minimum atomic E-state index is -0.308. The van der Waals surface area contributed by atoms with E-state index in [4.69, 9.17) is 0 Å². The van der Waals surface area contributed by atoms with Gasteiger partial charge in [-0.05, 0) is 32.2 Å². The summed E-state index contributed by atoms with van der Waals surface area (Å²) in [6, 6.07) is -0.402. The van der Waals surface area contributed by atoms with Gasteiger partial charge >= 0.3 is 0 Å². The standard InChI is InChI=1S/C13H17N3O2S/c17-12(10-7-19-8-15-10)11-4-2-6-16(11)13(18)9-3-1-5-14-9/h7-9,11,14H,1-6H2. The van der Waals surface area contributed by atoms with Gasteiger partial charge < -0.3 is 10.2 Å². The maximum atomic E-state index is 12.4. The molecule has 1 N–H and O–H groups in total. The van der Waals surface area contributed by atoms with Gasteiger partial charge in [-0.2, -0.15) is 0 Å². The van der Waals surface area contributed by atoms with Gasteiger partial charge in [0.25, 0.3) is 0 Å². The van der Waals surface area contributed by atoms with Gasteiger partial charge in [-0.25, -0.2) is 4.98 Å². The van der Waals surface area contributed by atoms with Crippen molar-refractivity contribution >= 4 is 23.0 Å². The van der Waals surface area contributed by atoms with Crippen LogP contribution < -0.4 is 5.32 Å². The lowest BCUT2D eigenvalue weighted by atomic mass is 10.1. The Balaban J connectivity index is 1.74. The van der Waals surface area contributed by atoms with Crippen LogP contribution in [-0.4, -0.2) is 46.7 Å². The molecule has 0 bridgehead atoms. The van der Waals surface area contributed by atoms with Gasteiger partial charge in [0, 0.05) is 11.9 Å². The highest BCUT2D eigenvalue weighted by Crippen LogP contribution is 2.23. The molecule has 1 aromatic rings. The van der Waals surface area contributed by atoms with Gasteiger partial charge in [-0.1, -0.05) is 0 Å². The lowest BCUT2D eigenvalue weighted by molar-refractivity contribution is -0.133. The second-order valence-electron chi connectivity index (χ2n) is 5.08. The molecule has 3 heterocycles. The molecule has 2 saturated heterocycles. The Bertz CT molecular complexity index is 468. The van der Waals surface area contributed by atoms with Gasteiger partial charge in [0.05, 0.1) is 17.6 Å². The number of amides is 1. The normalized spacial score (nSPS) is 26.8. The molecule has 6 heteroatoms. The summed E-state index contributed by atoms with van der Waals surface area (Å²) >= 11 is 1.41. The zero-order valence-electron chi connectivity index (χ0n) is 10.7. The maximum absolute atomic E-state index is 12.4. The molecule has 19 heavy (non-hydrogen) atoms. The zero-order valence-corrected chi connectivity index (χ0v) is 11.5. The van der Waals surface area contributed by atoms with E-state index in [1.807, 2.05) is 0 Å². The molecule has 0 aromatic carbocycles. The van der Waals surface area contributed by atoms with Crippen LogP contribution in [0.3, 0.4) is 0 Å². The average molecular weight is 279 g/mol. The van der Waals surface area contributed by atoms with E-state index in [1.165, 1.54) is 11.3 Å². The van der Waals surface area contributed by atoms with Crippen molar-refractivity contribution in [1.29, 1.82) is 0 Å². The molecule has 5 nitrogen and oxygen atoms in total. The smallest absolute Gasteiger partial charge is 0.240 e. The second-order valence-corrected chi connectivity index (χ2v) is 5.80. The van der Waals surface area contributed by atoms with Crippen molar-refractivity contribution in [3.05, 3.63) is 16.6 Å². The quantitative estimate of drug-likeness (QED) is 0.841. The number of ketones is 1. The van der Waals surface area contributed by atoms with Crippen molar-refractivity contribution < 1.29 is 9.59 Å². The fourth-order valence-corrected chi connectivity index (χ4v) is 3.44. The van der Waals surface area contributed by atoms with Crippen LogP contribution in [0.1, 0.15) is 36.2 Å². The highest BCUT2D eigenvalue weighted by atomic mass is 32.1. The van der Waals surface area contributed by atoms with Crippen molar-refractivity contribution in [1.82, 2.24) is 15.2 Å². The maximum Gasteiger partial charge on any atom is 0.240 e. The van der Waals surface area contributed by atoms with E-state index < -0.39 is 0 Å². The molecule has 0 radical (unpaired) electrons. The summed E-state index contributed by atoms with van der Waals surface area (Å²) in [6.45, 7) is 1.59. The van der Waals surface area contributed by atoms with E-state index in [0.29, 0.717) is 12.2 Å². The first-order valence-corrected chi connectivity index (χ1v) is 7.68. The third-order valence-electron chi connectivity index (χ3n) is 3.88. The Morgan fingerprint density at radius 1 is 1.37 bits per heavy atom. The van der Waals surface area contributed by atoms with Gasteiger partial charge in [0.2, 0.25) is 11.7 Å². The SMILES string of the molecule is O=C(c1cscn1)C1CCCN1C(=O)C1CCCN1. The van der Waals surface area contributed by atoms with Crippen LogP contribution in [0.25, 0.3) is 0 Å². The first-order valence-electron chi connectivity index (χ1n) is 6.73. The molecule has 2 aliphatic heterocycles. The first-order chi connectivity index (χ1) is 9.27. The van der Waals surface area contributed by atoms with Crippen LogP contribution >= 0.6 is 11.3 Å². The molecule has 2 fully saturated rings. The van der Waals surface area contributed by atoms with E-state index >= 15 is 0 Å². The monoisotopic (exact) mass is 279 g/mol. The Hall–Kier alpha value is -1.27. The molecule has 0 spiro atoms. The van der Waals surface area contributed by atoms with Crippen LogP contribution in [0.2, 0.25) is 0 Å². The van der Waals surface area contributed by atoms with Crippen molar-refractivity contribution in [2.24, 2.45) is 0 Å². The average Bonchev–Trinajstić information content (AvgIpc) is 3.16. The van der Waals surface area contributed by atoms with Crippen molar-refractivity contribution in [3.63, 3.8) is 0 Å². The summed E-state index contributed by atoms with van der Waals surface area (Å²) in [6.07, 6.45) is 3.58. The number of hydrogen-bond donors (Lipinski definition) is 1. The van der Waals surface area contributed by atoms with Crippen molar-refractivity contribution in [2.45, 2.75) is 37.8 Å². The predicted molar refractivity (Wildman–Crippen MR) is 72.2 cm³/mol. The van der Waals surface area contributed by atoms with Gasteiger partial charge in [0.1, 0.15) is 5.69 Å². The molecule has 2 unspecified atom stereocenters. The molecular weight excluding hydrogens is 262 g/mol. The Labute approximate surface area is 116 Å². The summed E-state index contributed by atoms with van der Waals surface area (Å²) in [7, 11) is 0. The molecule has 0 saturated carbocycles. The Morgan fingerprint density at radius 3 is 2.95 bits per heavy atom. The summed E-state index contributed by atoms with van der Waals surface area (Å²) in [5, 5.41) is 4.97. The van der Waals surface area contributed by atoms with Crippen LogP contribution in [-0.2, 0) is 4.79 Å². The lowest BCUT2D eigenvalue weighted by Gasteiger charge is -2.26. The first kappa shape index (κ1) is 12.7. The fourth-order valence-electron chi connectivity index (χ4n) is 2.90. The summed E-state index contributed by atoms with van der Waals surface area (Å²) in [5.74, 6) is 0.0775. The van der Waals surface area contributed by atoms with Crippen LogP contribution in [0.4, 0.5) is 0 Å². The van der Waals surface area contributed by atoms with Crippen LogP contribution in [0, 0.1) is 0 Å². The number of aromatic nitrogens is 1. The van der Waals surface area contributed by atoms with Crippen LogP contribution in [0.5, 0.6) is 0 Å².